The molecular formula is C19H24IN5S. The summed E-state index contributed by atoms with van der Waals surface area (Å²) < 4.78 is 1.28. The summed E-state index contributed by atoms with van der Waals surface area (Å²) in [5.41, 5.74) is 2.53. The number of hydrogen-bond acceptors (Lipinski definition) is 6. The van der Waals surface area contributed by atoms with Gasteiger partial charge in [-0.2, -0.15) is 4.98 Å². The van der Waals surface area contributed by atoms with E-state index in [2.05, 4.69) is 68.9 Å². The number of aryl methyl sites for hydroxylation is 1. The van der Waals surface area contributed by atoms with Crippen LogP contribution in [-0.4, -0.2) is 48.4 Å². The summed E-state index contributed by atoms with van der Waals surface area (Å²) in [4.78, 5) is 15.8. The summed E-state index contributed by atoms with van der Waals surface area (Å²) in [6.45, 7) is 7.09. The van der Waals surface area contributed by atoms with Gasteiger partial charge in [0, 0.05) is 54.2 Å². The Morgan fingerprint density at radius 3 is 2.54 bits per heavy atom. The first-order valence-electron chi connectivity index (χ1n) is 9.27. The molecule has 1 N–H and O–H groups in total. The predicted octanol–water partition coefficient (Wildman–Crippen LogP) is 3.88. The first kappa shape index (κ1) is 18.2. The summed E-state index contributed by atoms with van der Waals surface area (Å²) in [7, 11) is 0. The second-order valence-corrected chi connectivity index (χ2v) is 8.97. The molecular weight excluding hydrogens is 457 g/mol. The number of hydrogen-bond donors (Lipinski definition) is 1. The number of thioether (sulfide) groups is 1. The van der Waals surface area contributed by atoms with Crippen molar-refractivity contribution in [2.75, 3.05) is 53.6 Å². The molecule has 138 valence electrons. The van der Waals surface area contributed by atoms with E-state index in [0.29, 0.717) is 0 Å². The summed E-state index contributed by atoms with van der Waals surface area (Å²) in [5, 5.41) is 3.50. The zero-order chi connectivity index (χ0) is 17.9. The van der Waals surface area contributed by atoms with Gasteiger partial charge in [-0.05, 0) is 53.3 Å². The van der Waals surface area contributed by atoms with Crippen molar-refractivity contribution in [1.29, 1.82) is 0 Å². The van der Waals surface area contributed by atoms with Crippen molar-refractivity contribution in [3.63, 3.8) is 0 Å². The van der Waals surface area contributed by atoms with Crippen LogP contribution in [0.4, 0.5) is 17.5 Å². The Bertz CT molecular complexity index is 759. The van der Waals surface area contributed by atoms with Crippen LogP contribution >= 0.6 is 34.4 Å². The lowest BCUT2D eigenvalue weighted by Crippen LogP contribution is -2.47. The highest BCUT2D eigenvalue weighted by molar-refractivity contribution is 14.1. The van der Waals surface area contributed by atoms with Gasteiger partial charge < -0.3 is 15.1 Å². The molecule has 0 bridgehead atoms. The molecule has 5 nitrogen and oxygen atoms in total. The molecule has 0 unspecified atom stereocenters. The van der Waals surface area contributed by atoms with E-state index in [1.54, 1.807) is 0 Å². The minimum Gasteiger partial charge on any atom is -0.369 e. The zero-order valence-corrected chi connectivity index (χ0v) is 18.0. The SMILES string of the molecule is CCCNc1nc(N2CCN(c3ccc(I)cc3)CC2)nc2c1SCC2. The van der Waals surface area contributed by atoms with Gasteiger partial charge >= 0.3 is 0 Å². The smallest absolute Gasteiger partial charge is 0.227 e. The lowest BCUT2D eigenvalue weighted by Gasteiger charge is -2.36. The van der Waals surface area contributed by atoms with Crippen LogP contribution < -0.4 is 15.1 Å². The molecule has 2 aliphatic heterocycles. The van der Waals surface area contributed by atoms with Gasteiger partial charge in [0.25, 0.3) is 0 Å². The first-order chi connectivity index (χ1) is 12.7. The first-order valence-corrected chi connectivity index (χ1v) is 11.3. The lowest BCUT2D eigenvalue weighted by atomic mass is 10.2. The van der Waals surface area contributed by atoms with Crippen LogP contribution in [-0.2, 0) is 6.42 Å². The third kappa shape index (κ3) is 3.88. The number of fused-ring (bicyclic) bond motifs is 1. The highest BCUT2D eigenvalue weighted by Gasteiger charge is 2.24. The molecule has 1 aromatic heterocycles. The van der Waals surface area contributed by atoms with Crippen molar-refractivity contribution in [3.05, 3.63) is 33.5 Å². The molecule has 0 spiro atoms. The molecule has 0 aliphatic carbocycles. The van der Waals surface area contributed by atoms with Crippen LogP contribution in [0.15, 0.2) is 29.2 Å². The molecule has 3 heterocycles. The van der Waals surface area contributed by atoms with Crippen LogP contribution in [0.3, 0.4) is 0 Å². The Morgan fingerprint density at radius 2 is 1.81 bits per heavy atom. The Kier molecular flexibility index (Phi) is 5.73. The quantitative estimate of drug-likeness (QED) is 0.655. The standard InChI is InChI=1S/C19H24IN5S/c1-2-8-21-18-17-16(7-13-26-17)22-19(23-18)25-11-9-24(10-12-25)15-5-3-14(20)4-6-15/h3-6H,2,7-13H2,1H3,(H,21,22,23). The van der Waals surface area contributed by atoms with E-state index in [0.717, 1.165) is 63.1 Å². The molecule has 0 amide bonds. The second kappa shape index (κ2) is 8.21. The van der Waals surface area contributed by atoms with E-state index in [9.17, 15) is 0 Å². The van der Waals surface area contributed by atoms with Crippen molar-refractivity contribution in [1.82, 2.24) is 9.97 Å². The van der Waals surface area contributed by atoms with Crippen LogP contribution in [0, 0.1) is 3.57 Å². The molecule has 4 rings (SSSR count). The number of rotatable bonds is 5. The fourth-order valence-electron chi connectivity index (χ4n) is 3.38. The van der Waals surface area contributed by atoms with Crippen molar-refractivity contribution in [3.8, 4) is 0 Å². The second-order valence-electron chi connectivity index (χ2n) is 6.62. The van der Waals surface area contributed by atoms with Crippen LogP contribution in [0.2, 0.25) is 0 Å². The summed E-state index contributed by atoms with van der Waals surface area (Å²) in [6, 6.07) is 8.78. The fourth-order valence-corrected chi connectivity index (χ4v) is 4.80. The van der Waals surface area contributed by atoms with Crippen LogP contribution in [0.25, 0.3) is 0 Å². The van der Waals surface area contributed by atoms with Crippen LogP contribution in [0.1, 0.15) is 19.0 Å². The van der Waals surface area contributed by atoms with E-state index in [4.69, 9.17) is 9.97 Å². The Hall–Kier alpha value is -1.22. The van der Waals surface area contributed by atoms with Gasteiger partial charge in [-0.25, -0.2) is 4.98 Å². The van der Waals surface area contributed by atoms with Gasteiger partial charge in [0.1, 0.15) is 5.82 Å². The molecule has 0 radical (unpaired) electrons. The molecule has 1 fully saturated rings. The summed E-state index contributed by atoms with van der Waals surface area (Å²) in [5.74, 6) is 3.05. The number of benzene rings is 1. The molecule has 7 heteroatoms. The van der Waals surface area contributed by atoms with Gasteiger partial charge in [-0.1, -0.05) is 6.92 Å². The number of halogens is 1. The molecule has 1 aromatic carbocycles. The number of nitrogens with one attached hydrogen (secondary N) is 1. The maximum atomic E-state index is 4.89. The van der Waals surface area contributed by atoms with Crippen molar-refractivity contribution in [2.45, 2.75) is 24.7 Å². The number of nitrogens with zero attached hydrogens (tertiary/aromatic N) is 4. The van der Waals surface area contributed by atoms with Gasteiger partial charge in [0.15, 0.2) is 0 Å². The monoisotopic (exact) mass is 481 g/mol. The highest BCUT2D eigenvalue weighted by atomic mass is 127. The maximum Gasteiger partial charge on any atom is 0.227 e. The van der Waals surface area contributed by atoms with Crippen LogP contribution in [0.5, 0.6) is 0 Å². The minimum atomic E-state index is 0.895. The van der Waals surface area contributed by atoms with E-state index in [1.165, 1.54) is 19.8 Å². The van der Waals surface area contributed by atoms with Gasteiger partial charge in [0.2, 0.25) is 5.95 Å². The Labute approximate surface area is 173 Å². The number of piperazine rings is 1. The lowest BCUT2D eigenvalue weighted by molar-refractivity contribution is 0.637. The zero-order valence-electron chi connectivity index (χ0n) is 15.0. The Morgan fingerprint density at radius 1 is 1.08 bits per heavy atom. The van der Waals surface area contributed by atoms with Crippen molar-refractivity contribution < 1.29 is 0 Å². The largest absolute Gasteiger partial charge is 0.369 e. The topological polar surface area (TPSA) is 44.3 Å². The van der Waals surface area contributed by atoms with Gasteiger partial charge in [-0.15, -0.1) is 11.8 Å². The Balaban J connectivity index is 1.48. The van der Waals surface area contributed by atoms with E-state index >= 15 is 0 Å². The van der Waals surface area contributed by atoms with E-state index in [1.807, 2.05) is 11.8 Å². The maximum absolute atomic E-state index is 4.89. The third-order valence-electron chi connectivity index (χ3n) is 4.81. The van der Waals surface area contributed by atoms with Gasteiger partial charge in [-0.3, -0.25) is 0 Å². The highest BCUT2D eigenvalue weighted by Crippen LogP contribution is 2.36. The molecule has 1 saturated heterocycles. The fraction of sp³-hybridized carbons (Fsp3) is 0.474. The predicted molar refractivity (Wildman–Crippen MR) is 119 cm³/mol. The molecule has 0 saturated carbocycles. The van der Waals surface area contributed by atoms with Crippen molar-refractivity contribution >= 4 is 51.8 Å². The summed E-state index contributed by atoms with van der Waals surface area (Å²) >= 11 is 4.24. The summed E-state index contributed by atoms with van der Waals surface area (Å²) in [6.07, 6.45) is 2.16. The normalized spacial score (nSPS) is 16.7. The molecule has 0 atom stereocenters. The number of anilines is 3. The van der Waals surface area contributed by atoms with Gasteiger partial charge in [0.05, 0.1) is 10.6 Å². The minimum absolute atomic E-state index is 0.895. The van der Waals surface area contributed by atoms with E-state index < -0.39 is 0 Å². The third-order valence-corrected chi connectivity index (χ3v) is 6.65. The molecule has 2 aromatic rings. The number of aromatic nitrogens is 2. The average molecular weight is 481 g/mol. The van der Waals surface area contributed by atoms with Crippen molar-refractivity contribution in [2.24, 2.45) is 0 Å². The average Bonchev–Trinajstić information content (AvgIpc) is 3.15. The molecule has 2 aliphatic rings. The molecule has 26 heavy (non-hydrogen) atoms. The van der Waals surface area contributed by atoms with E-state index in [-0.39, 0.29) is 0 Å².